The van der Waals surface area contributed by atoms with Gasteiger partial charge in [-0.1, -0.05) is 0 Å². The van der Waals surface area contributed by atoms with Gasteiger partial charge in [-0.3, -0.25) is 9.58 Å². The molecule has 2 aliphatic heterocycles. The van der Waals surface area contributed by atoms with Gasteiger partial charge in [0.25, 0.3) is 0 Å². The van der Waals surface area contributed by atoms with Gasteiger partial charge in [0.1, 0.15) is 0 Å². The normalized spacial score (nSPS) is 32.0. The van der Waals surface area contributed by atoms with E-state index in [4.69, 9.17) is 9.47 Å². The van der Waals surface area contributed by atoms with Crippen LogP contribution in [0.3, 0.4) is 0 Å². The van der Waals surface area contributed by atoms with Gasteiger partial charge >= 0.3 is 0 Å². The number of aromatic nitrogens is 2. The van der Waals surface area contributed by atoms with Gasteiger partial charge in [-0.25, -0.2) is 0 Å². The molecule has 1 aliphatic carbocycles. The van der Waals surface area contributed by atoms with Crippen LogP contribution in [0.2, 0.25) is 0 Å². The van der Waals surface area contributed by atoms with Crippen molar-refractivity contribution in [3.63, 3.8) is 0 Å². The zero-order chi connectivity index (χ0) is 15.6. The first-order valence-electron chi connectivity index (χ1n) is 9.19. The number of nitrogens with zero attached hydrogens (tertiary/aromatic N) is 3. The van der Waals surface area contributed by atoms with Crippen molar-refractivity contribution in [3.05, 3.63) is 18.0 Å². The molecule has 1 saturated carbocycles. The second kappa shape index (κ2) is 6.91. The predicted octanol–water partition coefficient (Wildman–Crippen LogP) is 1.87. The lowest BCUT2D eigenvalue weighted by Gasteiger charge is -2.29. The van der Waals surface area contributed by atoms with Crippen LogP contribution >= 0.6 is 0 Å². The molecule has 5 heteroatoms. The zero-order valence-corrected chi connectivity index (χ0v) is 14.2. The van der Waals surface area contributed by atoms with Crippen molar-refractivity contribution < 1.29 is 9.47 Å². The minimum absolute atomic E-state index is 0.387. The Labute approximate surface area is 138 Å². The Morgan fingerprint density at radius 3 is 2.87 bits per heavy atom. The van der Waals surface area contributed by atoms with Gasteiger partial charge in [0.15, 0.2) is 0 Å². The monoisotopic (exact) mass is 319 g/mol. The summed E-state index contributed by atoms with van der Waals surface area (Å²) in [6.07, 6.45) is 10.7. The number of aryl methyl sites for hydroxylation is 1. The summed E-state index contributed by atoms with van der Waals surface area (Å²) in [6.45, 7) is 5.16. The second-order valence-electron chi connectivity index (χ2n) is 7.62. The molecule has 1 aromatic heterocycles. The molecule has 4 rings (SSSR count). The third kappa shape index (κ3) is 3.95. The van der Waals surface area contributed by atoms with Gasteiger partial charge in [-0.2, -0.15) is 5.10 Å². The highest BCUT2D eigenvalue weighted by atomic mass is 16.5. The van der Waals surface area contributed by atoms with E-state index in [-0.39, 0.29) is 0 Å². The lowest BCUT2D eigenvalue weighted by molar-refractivity contribution is 0.0182. The molecule has 3 aliphatic rings. The highest BCUT2D eigenvalue weighted by Crippen LogP contribution is 2.32. The number of hydrogen-bond acceptors (Lipinski definition) is 4. The molecule has 128 valence electrons. The molecule has 1 unspecified atom stereocenters. The molecule has 3 atom stereocenters. The zero-order valence-electron chi connectivity index (χ0n) is 14.2. The summed E-state index contributed by atoms with van der Waals surface area (Å²) in [4.78, 5) is 2.66. The summed E-state index contributed by atoms with van der Waals surface area (Å²) < 4.78 is 13.8. The lowest BCUT2D eigenvalue weighted by Crippen LogP contribution is -2.41. The number of hydrogen-bond donors (Lipinski definition) is 0. The van der Waals surface area contributed by atoms with E-state index >= 15 is 0 Å². The Kier molecular flexibility index (Phi) is 4.69. The van der Waals surface area contributed by atoms with Crippen molar-refractivity contribution in [1.82, 2.24) is 14.7 Å². The van der Waals surface area contributed by atoms with Crippen molar-refractivity contribution >= 4 is 0 Å². The summed E-state index contributed by atoms with van der Waals surface area (Å²) >= 11 is 0. The van der Waals surface area contributed by atoms with Crippen LogP contribution in [0, 0.1) is 11.8 Å². The van der Waals surface area contributed by atoms with Crippen LogP contribution in [-0.4, -0.2) is 59.7 Å². The Morgan fingerprint density at radius 2 is 2.17 bits per heavy atom. The van der Waals surface area contributed by atoms with E-state index in [1.165, 1.54) is 31.2 Å². The van der Waals surface area contributed by atoms with Gasteiger partial charge in [0, 0.05) is 45.6 Å². The summed E-state index contributed by atoms with van der Waals surface area (Å²) in [6, 6.07) is 0.499. The molecule has 2 saturated heterocycles. The molecule has 0 bridgehead atoms. The van der Waals surface area contributed by atoms with Crippen molar-refractivity contribution in [1.29, 1.82) is 0 Å². The molecule has 5 nitrogen and oxygen atoms in total. The molecule has 3 heterocycles. The summed E-state index contributed by atoms with van der Waals surface area (Å²) in [7, 11) is 1.99. The number of rotatable bonds is 7. The Morgan fingerprint density at radius 1 is 1.26 bits per heavy atom. The van der Waals surface area contributed by atoms with E-state index in [0.717, 1.165) is 45.2 Å². The second-order valence-corrected chi connectivity index (χ2v) is 7.62. The van der Waals surface area contributed by atoms with E-state index in [1.54, 1.807) is 0 Å². The molecule has 0 radical (unpaired) electrons. The lowest BCUT2D eigenvalue weighted by atomic mass is 10.0. The van der Waals surface area contributed by atoms with E-state index < -0.39 is 0 Å². The standard InChI is InChI=1S/C18H29N3O2/c1-20-10-16(9-19-20)8-17-18(23-13-14-2-3-14)4-6-21(17)11-15-5-7-22-12-15/h9-10,14-15,17-18H,2-8,11-13H2,1H3/t15?,17-,18-/m0/s1. The van der Waals surface area contributed by atoms with Crippen LogP contribution in [0.25, 0.3) is 0 Å². The van der Waals surface area contributed by atoms with Crippen LogP contribution in [0.5, 0.6) is 0 Å². The molecule has 23 heavy (non-hydrogen) atoms. The van der Waals surface area contributed by atoms with Crippen LogP contribution in [0.1, 0.15) is 31.2 Å². The maximum Gasteiger partial charge on any atom is 0.0745 e. The summed E-state index contributed by atoms with van der Waals surface area (Å²) in [5.41, 5.74) is 1.33. The van der Waals surface area contributed by atoms with E-state index in [1.807, 2.05) is 17.9 Å². The maximum atomic E-state index is 6.31. The average molecular weight is 319 g/mol. The average Bonchev–Trinajstić information content (AvgIpc) is 2.92. The highest BCUT2D eigenvalue weighted by Gasteiger charge is 2.37. The van der Waals surface area contributed by atoms with Gasteiger partial charge in [-0.15, -0.1) is 0 Å². The van der Waals surface area contributed by atoms with Crippen LogP contribution in [0.15, 0.2) is 12.4 Å². The minimum Gasteiger partial charge on any atom is -0.381 e. The molecular weight excluding hydrogens is 290 g/mol. The SMILES string of the molecule is Cn1cc(C[C@H]2[C@@H](OCC3CC3)CCN2CC2CCOC2)cn1. The first kappa shape index (κ1) is 15.6. The number of likely N-dealkylation sites (tertiary alicyclic amines) is 1. The summed E-state index contributed by atoms with van der Waals surface area (Å²) in [5.74, 6) is 1.54. The molecular formula is C18H29N3O2. The molecule has 0 amide bonds. The topological polar surface area (TPSA) is 39.5 Å². The number of ether oxygens (including phenoxy) is 2. The van der Waals surface area contributed by atoms with E-state index in [2.05, 4.69) is 16.2 Å². The smallest absolute Gasteiger partial charge is 0.0745 e. The van der Waals surface area contributed by atoms with Crippen molar-refractivity contribution in [3.8, 4) is 0 Å². The Balaban J connectivity index is 1.40. The van der Waals surface area contributed by atoms with Crippen LogP contribution < -0.4 is 0 Å². The first-order chi connectivity index (χ1) is 11.3. The van der Waals surface area contributed by atoms with Crippen molar-refractivity contribution in [2.45, 2.75) is 44.2 Å². The fraction of sp³-hybridized carbons (Fsp3) is 0.833. The quantitative estimate of drug-likeness (QED) is 0.769. The fourth-order valence-electron chi connectivity index (χ4n) is 3.99. The molecule has 3 fully saturated rings. The van der Waals surface area contributed by atoms with Crippen LogP contribution in [0.4, 0.5) is 0 Å². The highest BCUT2D eigenvalue weighted by molar-refractivity contribution is 5.09. The largest absolute Gasteiger partial charge is 0.381 e. The van der Waals surface area contributed by atoms with Crippen molar-refractivity contribution in [2.24, 2.45) is 18.9 Å². The molecule has 0 N–H and O–H groups in total. The van der Waals surface area contributed by atoms with Crippen LogP contribution in [-0.2, 0) is 22.9 Å². The van der Waals surface area contributed by atoms with Gasteiger partial charge in [0.05, 0.1) is 18.9 Å². The first-order valence-corrected chi connectivity index (χ1v) is 9.19. The van der Waals surface area contributed by atoms with Gasteiger partial charge in [-0.05, 0) is 49.5 Å². The molecule has 1 aromatic rings. The maximum absolute atomic E-state index is 6.31. The predicted molar refractivity (Wildman–Crippen MR) is 88.3 cm³/mol. The fourth-order valence-corrected chi connectivity index (χ4v) is 3.99. The van der Waals surface area contributed by atoms with Crippen molar-refractivity contribution in [2.75, 3.05) is 32.9 Å². The molecule has 0 spiro atoms. The summed E-state index contributed by atoms with van der Waals surface area (Å²) in [5, 5.41) is 4.33. The van der Waals surface area contributed by atoms with Gasteiger partial charge in [0.2, 0.25) is 0 Å². The Bertz CT molecular complexity index is 508. The van der Waals surface area contributed by atoms with E-state index in [0.29, 0.717) is 18.1 Å². The third-order valence-electron chi connectivity index (χ3n) is 5.56. The third-order valence-corrected chi connectivity index (χ3v) is 5.56. The Hall–Kier alpha value is -0.910. The molecule has 0 aromatic carbocycles. The van der Waals surface area contributed by atoms with E-state index in [9.17, 15) is 0 Å². The minimum atomic E-state index is 0.387. The van der Waals surface area contributed by atoms with Gasteiger partial charge < -0.3 is 9.47 Å².